The summed E-state index contributed by atoms with van der Waals surface area (Å²) < 4.78 is 12.3. The molecule has 4 rings (SSSR count). The SMILES string of the molecule is COC(=O)C1=C(N)Oc2cc(C)n(Cc3ccncc3)c(=O)c2[C@H]1c1cccnc1. The molecule has 0 aromatic carbocycles. The van der Waals surface area contributed by atoms with Crippen molar-refractivity contribution < 1.29 is 14.3 Å². The molecule has 0 spiro atoms. The molecule has 152 valence electrons. The smallest absolute Gasteiger partial charge is 0.340 e. The van der Waals surface area contributed by atoms with Crippen molar-refractivity contribution in [2.75, 3.05) is 7.11 Å². The van der Waals surface area contributed by atoms with Crippen molar-refractivity contribution in [1.29, 1.82) is 0 Å². The summed E-state index contributed by atoms with van der Waals surface area (Å²) in [6, 6.07) is 8.97. The van der Waals surface area contributed by atoms with E-state index in [0.29, 0.717) is 29.1 Å². The molecule has 3 aromatic heterocycles. The molecule has 1 atom stereocenters. The lowest BCUT2D eigenvalue weighted by atomic mass is 9.84. The molecule has 0 aliphatic carbocycles. The van der Waals surface area contributed by atoms with Crippen LogP contribution < -0.4 is 16.0 Å². The first-order chi connectivity index (χ1) is 14.5. The third-order valence-corrected chi connectivity index (χ3v) is 5.08. The minimum Gasteiger partial charge on any atom is -0.465 e. The fourth-order valence-electron chi connectivity index (χ4n) is 3.64. The van der Waals surface area contributed by atoms with E-state index in [1.165, 1.54) is 7.11 Å². The maximum absolute atomic E-state index is 13.6. The van der Waals surface area contributed by atoms with Gasteiger partial charge in [0, 0.05) is 36.5 Å². The molecule has 4 heterocycles. The van der Waals surface area contributed by atoms with Crippen LogP contribution in [0.1, 0.15) is 28.3 Å². The highest BCUT2D eigenvalue weighted by molar-refractivity contribution is 5.92. The fourth-order valence-corrected chi connectivity index (χ4v) is 3.64. The molecule has 1 aliphatic heterocycles. The number of aromatic nitrogens is 3. The maximum Gasteiger partial charge on any atom is 0.340 e. The Labute approximate surface area is 172 Å². The lowest BCUT2D eigenvalue weighted by molar-refractivity contribution is -0.136. The Balaban J connectivity index is 1.94. The average molecular weight is 404 g/mol. The number of hydrogen-bond acceptors (Lipinski definition) is 7. The van der Waals surface area contributed by atoms with E-state index >= 15 is 0 Å². The molecule has 30 heavy (non-hydrogen) atoms. The van der Waals surface area contributed by atoms with Crippen LogP contribution in [0.3, 0.4) is 0 Å². The summed E-state index contributed by atoms with van der Waals surface area (Å²) in [6.45, 7) is 2.17. The van der Waals surface area contributed by atoms with E-state index in [2.05, 4.69) is 9.97 Å². The molecule has 2 N–H and O–H groups in total. The predicted octanol–water partition coefficient (Wildman–Crippen LogP) is 1.86. The number of ether oxygens (including phenoxy) is 2. The van der Waals surface area contributed by atoms with Gasteiger partial charge >= 0.3 is 5.97 Å². The van der Waals surface area contributed by atoms with Crippen LogP contribution in [0.4, 0.5) is 0 Å². The van der Waals surface area contributed by atoms with E-state index in [0.717, 1.165) is 5.56 Å². The van der Waals surface area contributed by atoms with Crippen molar-refractivity contribution in [2.45, 2.75) is 19.4 Å². The van der Waals surface area contributed by atoms with Gasteiger partial charge in [0.05, 0.1) is 25.1 Å². The number of carbonyl (C=O) groups excluding carboxylic acids is 1. The van der Waals surface area contributed by atoms with E-state index in [-0.39, 0.29) is 17.0 Å². The van der Waals surface area contributed by atoms with E-state index in [4.69, 9.17) is 15.2 Å². The van der Waals surface area contributed by atoms with Gasteiger partial charge in [0.1, 0.15) is 11.3 Å². The Hall–Kier alpha value is -3.94. The normalized spacial score (nSPS) is 15.3. The summed E-state index contributed by atoms with van der Waals surface area (Å²) in [7, 11) is 1.26. The fraction of sp³-hybridized carbons (Fsp3) is 0.182. The number of aryl methyl sites for hydroxylation is 1. The quantitative estimate of drug-likeness (QED) is 0.661. The third kappa shape index (κ3) is 3.32. The van der Waals surface area contributed by atoms with Gasteiger partial charge in [-0.25, -0.2) is 4.79 Å². The highest BCUT2D eigenvalue weighted by atomic mass is 16.5. The number of methoxy groups -OCH3 is 1. The number of hydrogen-bond donors (Lipinski definition) is 1. The van der Waals surface area contributed by atoms with Crippen molar-refractivity contribution in [3.63, 3.8) is 0 Å². The second-order valence-corrected chi connectivity index (χ2v) is 6.90. The van der Waals surface area contributed by atoms with Crippen LogP contribution in [-0.4, -0.2) is 27.6 Å². The zero-order valence-corrected chi connectivity index (χ0v) is 16.5. The largest absolute Gasteiger partial charge is 0.465 e. The Kier molecular flexibility index (Phi) is 5.05. The molecular formula is C22H20N4O4. The number of fused-ring (bicyclic) bond motifs is 1. The number of nitrogens with two attached hydrogens (primary N) is 1. The Morgan fingerprint density at radius 1 is 1.23 bits per heavy atom. The third-order valence-electron chi connectivity index (χ3n) is 5.08. The Morgan fingerprint density at radius 2 is 2.00 bits per heavy atom. The molecule has 0 fully saturated rings. The van der Waals surface area contributed by atoms with Gasteiger partial charge in [-0.1, -0.05) is 6.07 Å². The Bertz CT molecular complexity index is 1190. The van der Waals surface area contributed by atoms with Gasteiger partial charge in [-0.05, 0) is 36.2 Å². The standard InChI is InChI=1S/C22H20N4O4/c1-13-10-16-18(21(27)26(13)12-14-5-8-24-9-6-14)17(15-4-3-7-25-11-15)19(20(23)30-16)22(28)29-2/h3-11,17H,12,23H2,1-2H3/t17-/m1/s1. The predicted molar refractivity (Wildman–Crippen MR) is 109 cm³/mol. The second kappa shape index (κ2) is 7.82. The van der Waals surface area contributed by atoms with Gasteiger partial charge in [0.25, 0.3) is 5.56 Å². The molecular weight excluding hydrogens is 384 g/mol. The number of carbonyl (C=O) groups is 1. The number of nitrogens with zero attached hydrogens (tertiary/aromatic N) is 3. The van der Waals surface area contributed by atoms with Gasteiger partial charge in [0.15, 0.2) is 0 Å². The van der Waals surface area contributed by atoms with Crippen LogP contribution in [0, 0.1) is 6.92 Å². The van der Waals surface area contributed by atoms with Crippen molar-refractivity contribution in [2.24, 2.45) is 5.73 Å². The van der Waals surface area contributed by atoms with Crippen molar-refractivity contribution in [3.05, 3.63) is 99.3 Å². The van der Waals surface area contributed by atoms with E-state index in [1.54, 1.807) is 47.6 Å². The highest BCUT2D eigenvalue weighted by Crippen LogP contribution is 2.40. The van der Waals surface area contributed by atoms with Gasteiger partial charge in [-0.15, -0.1) is 0 Å². The van der Waals surface area contributed by atoms with Crippen molar-refractivity contribution in [1.82, 2.24) is 14.5 Å². The molecule has 0 unspecified atom stereocenters. The first-order valence-corrected chi connectivity index (χ1v) is 9.30. The average Bonchev–Trinajstić information content (AvgIpc) is 2.76. The lowest BCUT2D eigenvalue weighted by Crippen LogP contribution is -2.35. The van der Waals surface area contributed by atoms with Gasteiger partial charge in [0.2, 0.25) is 5.88 Å². The highest BCUT2D eigenvalue weighted by Gasteiger charge is 2.38. The molecule has 0 bridgehead atoms. The number of esters is 1. The maximum atomic E-state index is 13.6. The topological polar surface area (TPSA) is 109 Å². The molecule has 0 saturated carbocycles. The van der Waals surface area contributed by atoms with Crippen LogP contribution in [0.25, 0.3) is 0 Å². The lowest BCUT2D eigenvalue weighted by Gasteiger charge is -2.28. The van der Waals surface area contributed by atoms with Gasteiger partial charge < -0.3 is 19.8 Å². The summed E-state index contributed by atoms with van der Waals surface area (Å²) in [5.74, 6) is -1.18. The van der Waals surface area contributed by atoms with E-state index in [1.807, 2.05) is 19.1 Å². The minimum atomic E-state index is -0.758. The number of rotatable bonds is 4. The molecule has 3 aromatic rings. The molecule has 0 radical (unpaired) electrons. The van der Waals surface area contributed by atoms with Crippen LogP contribution in [-0.2, 0) is 16.1 Å². The van der Waals surface area contributed by atoms with E-state index in [9.17, 15) is 9.59 Å². The van der Waals surface area contributed by atoms with Crippen LogP contribution in [0.15, 0.2) is 71.4 Å². The minimum absolute atomic E-state index is 0.0782. The molecule has 8 nitrogen and oxygen atoms in total. The van der Waals surface area contributed by atoms with Crippen molar-refractivity contribution in [3.8, 4) is 5.75 Å². The summed E-state index contributed by atoms with van der Waals surface area (Å²) in [4.78, 5) is 34.3. The summed E-state index contributed by atoms with van der Waals surface area (Å²) in [5, 5.41) is 0. The second-order valence-electron chi connectivity index (χ2n) is 6.90. The molecule has 0 amide bonds. The molecule has 0 saturated heterocycles. The zero-order chi connectivity index (χ0) is 21.3. The first-order valence-electron chi connectivity index (χ1n) is 9.30. The first kappa shape index (κ1) is 19.4. The van der Waals surface area contributed by atoms with Gasteiger partial charge in [-0.2, -0.15) is 0 Å². The summed E-state index contributed by atoms with van der Waals surface area (Å²) in [5.41, 5.74) is 8.47. The molecule has 1 aliphatic rings. The zero-order valence-electron chi connectivity index (χ0n) is 16.5. The van der Waals surface area contributed by atoms with Gasteiger partial charge in [-0.3, -0.25) is 14.8 Å². The van der Waals surface area contributed by atoms with Crippen molar-refractivity contribution >= 4 is 5.97 Å². The van der Waals surface area contributed by atoms with Crippen LogP contribution in [0.2, 0.25) is 0 Å². The Morgan fingerprint density at radius 3 is 2.67 bits per heavy atom. The summed E-state index contributed by atoms with van der Waals surface area (Å²) >= 11 is 0. The van der Waals surface area contributed by atoms with Crippen LogP contribution >= 0.6 is 0 Å². The van der Waals surface area contributed by atoms with E-state index < -0.39 is 11.9 Å². The molecule has 8 heteroatoms. The summed E-state index contributed by atoms with van der Waals surface area (Å²) in [6.07, 6.45) is 6.57. The number of pyridine rings is 3. The monoisotopic (exact) mass is 404 g/mol. The van der Waals surface area contributed by atoms with Crippen LogP contribution in [0.5, 0.6) is 5.75 Å².